The first-order valence-electron chi connectivity index (χ1n) is 10.2. The van der Waals surface area contributed by atoms with Crippen molar-refractivity contribution in [3.63, 3.8) is 0 Å². The number of amidine groups is 1. The number of carbonyl (C=O) groups is 3. The van der Waals surface area contributed by atoms with Crippen molar-refractivity contribution in [3.05, 3.63) is 54.1 Å². The molecule has 0 aromatic heterocycles. The summed E-state index contributed by atoms with van der Waals surface area (Å²) in [4.78, 5) is 36.2. The lowest BCUT2D eigenvalue weighted by Gasteiger charge is -2.17. The zero-order valence-electron chi connectivity index (χ0n) is 17.9. The second kappa shape index (κ2) is 10.7. The number of hydrogen-bond donors (Lipinski definition) is 2. The van der Waals surface area contributed by atoms with Gasteiger partial charge in [-0.05, 0) is 37.6 Å². The van der Waals surface area contributed by atoms with Gasteiger partial charge in [0.1, 0.15) is 10.7 Å². The number of hydrogen-bond acceptors (Lipinski definition) is 8. The molecule has 0 saturated carbocycles. The van der Waals surface area contributed by atoms with Gasteiger partial charge in [0.2, 0.25) is 0 Å². The molecule has 174 valence electrons. The molecule has 2 aromatic carbocycles. The number of benzene rings is 2. The summed E-state index contributed by atoms with van der Waals surface area (Å²) in [5.41, 5.74) is 0.876. The van der Waals surface area contributed by atoms with Crippen LogP contribution in [0.1, 0.15) is 36.5 Å². The standard InChI is InChI=1S/C22H23N3O7S/c1-2-31-22(28)15-8-3-4-9-16(15)24-20(26)14-32-21(27)13-7-12-19-23-17-10-5-6-11-18(17)33(29,30)25-19/h3-6,8-11H,2,7,12-14H2,1H3,(H,23,25)(H,24,26). The van der Waals surface area contributed by atoms with Crippen molar-refractivity contribution < 1.29 is 32.3 Å². The van der Waals surface area contributed by atoms with Crippen molar-refractivity contribution in [2.24, 2.45) is 4.40 Å². The molecular weight excluding hydrogens is 450 g/mol. The van der Waals surface area contributed by atoms with E-state index < -0.39 is 34.5 Å². The average molecular weight is 474 g/mol. The van der Waals surface area contributed by atoms with Crippen LogP contribution in [0.3, 0.4) is 0 Å². The molecule has 0 saturated heterocycles. The first-order valence-corrected chi connectivity index (χ1v) is 11.7. The lowest BCUT2D eigenvalue weighted by Crippen LogP contribution is -2.23. The molecule has 10 nitrogen and oxygen atoms in total. The molecule has 1 amide bonds. The molecule has 1 aliphatic heterocycles. The van der Waals surface area contributed by atoms with Gasteiger partial charge in [-0.2, -0.15) is 8.42 Å². The van der Waals surface area contributed by atoms with Crippen molar-refractivity contribution in [2.75, 3.05) is 23.8 Å². The molecule has 0 aliphatic carbocycles. The number of amides is 1. The molecular formula is C22H23N3O7S. The van der Waals surface area contributed by atoms with Gasteiger partial charge in [-0.1, -0.05) is 24.3 Å². The highest BCUT2D eigenvalue weighted by atomic mass is 32.2. The van der Waals surface area contributed by atoms with Crippen LogP contribution in [0.15, 0.2) is 57.8 Å². The van der Waals surface area contributed by atoms with Crippen molar-refractivity contribution in [3.8, 4) is 0 Å². The second-order valence-electron chi connectivity index (χ2n) is 6.96. The van der Waals surface area contributed by atoms with Crippen LogP contribution in [0.5, 0.6) is 0 Å². The Bertz CT molecular complexity index is 1190. The molecule has 3 rings (SSSR count). The maximum absolute atomic E-state index is 12.2. The molecule has 0 bridgehead atoms. The molecule has 2 aromatic rings. The number of para-hydroxylation sites is 2. The summed E-state index contributed by atoms with van der Waals surface area (Å²) >= 11 is 0. The Labute approximate surface area is 191 Å². The van der Waals surface area contributed by atoms with Crippen molar-refractivity contribution >= 4 is 45.1 Å². The number of sulfonamides is 1. The third kappa shape index (κ3) is 6.39. The van der Waals surface area contributed by atoms with E-state index in [0.29, 0.717) is 5.69 Å². The van der Waals surface area contributed by atoms with Gasteiger partial charge in [0.15, 0.2) is 6.61 Å². The number of anilines is 2. The van der Waals surface area contributed by atoms with Crippen LogP contribution in [0, 0.1) is 0 Å². The van der Waals surface area contributed by atoms with E-state index in [1.165, 1.54) is 18.2 Å². The Morgan fingerprint density at radius 1 is 1.03 bits per heavy atom. The molecule has 0 radical (unpaired) electrons. The number of carbonyl (C=O) groups excluding carboxylic acids is 3. The minimum atomic E-state index is -3.78. The van der Waals surface area contributed by atoms with Gasteiger partial charge >= 0.3 is 11.9 Å². The van der Waals surface area contributed by atoms with Crippen LogP contribution in [0.4, 0.5) is 11.4 Å². The highest BCUT2D eigenvalue weighted by Crippen LogP contribution is 2.27. The molecule has 0 fully saturated rings. The summed E-state index contributed by atoms with van der Waals surface area (Å²) in [5.74, 6) is -1.58. The lowest BCUT2D eigenvalue weighted by molar-refractivity contribution is -0.147. The van der Waals surface area contributed by atoms with Crippen LogP contribution in [0.25, 0.3) is 0 Å². The van der Waals surface area contributed by atoms with E-state index in [-0.39, 0.29) is 47.9 Å². The summed E-state index contributed by atoms with van der Waals surface area (Å²) in [5, 5.41) is 5.46. The fourth-order valence-corrected chi connectivity index (χ4v) is 4.23. The van der Waals surface area contributed by atoms with Gasteiger partial charge in [0, 0.05) is 12.8 Å². The van der Waals surface area contributed by atoms with Crippen LogP contribution < -0.4 is 10.6 Å². The van der Waals surface area contributed by atoms with E-state index in [0.717, 1.165) is 0 Å². The fraction of sp³-hybridized carbons (Fsp3) is 0.273. The maximum atomic E-state index is 12.2. The molecule has 0 spiro atoms. The fourth-order valence-electron chi connectivity index (χ4n) is 3.06. The van der Waals surface area contributed by atoms with Gasteiger partial charge in [-0.25, -0.2) is 4.79 Å². The van der Waals surface area contributed by atoms with Gasteiger partial charge in [0.25, 0.3) is 15.9 Å². The van der Waals surface area contributed by atoms with E-state index >= 15 is 0 Å². The van der Waals surface area contributed by atoms with E-state index in [1.54, 1.807) is 37.3 Å². The summed E-state index contributed by atoms with van der Waals surface area (Å²) in [6.45, 7) is 1.34. The predicted octanol–water partition coefficient (Wildman–Crippen LogP) is 2.73. The zero-order valence-corrected chi connectivity index (χ0v) is 18.7. The summed E-state index contributed by atoms with van der Waals surface area (Å²) in [6, 6.07) is 12.7. The maximum Gasteiger partial charge on any atom is 0.340 e. The summed E-state index contributed by atoms with van der Waals surface area (Å²) in [7, 11) is -3.78. The van der Waals surface area contributed by atoms with Crippen LogP contribution in [-0.2, 0) is 29.1 Å². The van der Waals surface area contributed by atoms with Gasteiger partial charge < -0.3 is 20.1 Å². The summed E-state index contributed by atoms with van der Waals surface area (Å²) in [6.07, 6.45) is 0.451. The number of nitrogens with one attached hydrogen (secondary N) is 2. The average Bonchev–Trinajstić information content (AvgIpc) is 2.78. The molecule has 33 heavy (non-hydrogen) atoms. The third-order valence-corrected chi connectivity index (χ3v) is 5.90. The van der Waals surface area contributed by atoms with Gasteiger partial charge in [-0.3, -0.25) is 9.59 Å². The number of esters is 2. The highest BCUT2D eigenvalue weighted by molar-refractivity contribution is 7.90. The minimum Gasteiger partial charge on any atom is -0.462 e. The quantitative estimate of drug-likeness (QED) is 0.530. The largest absolute Gasteiger partial charge is 0.462 e. The van der Waals surface area contributed by atoms with Gasteiger partial charge in [0.05, 0.1) is 23.5 Å². The smallest absolute Gasteiger partial charge is 0.340 e. The van der Waals surface area contributed by atoms with E-state index in [2.05, 4.69) is 15.0 Å². The topological polar surface area (TPSA) is 140 Å². The molecule has 1 aliphatic rings. The van der Waals surface area contributed by atoms with Crippen LogP contribution in [0.2, 0.25) is 0 Å². The van der Waals surface area contributed by atoms with Crippen molar-refractivity contribution in [1.29, 1.82) is 0 Å². The number of fused-ring (bicyclic) bond motifs is 1. The summed E-state index contributed by atoms with van der Waals surface area (Å²) < 4.78 is 38.1. The van der Waals surface area contributed by atoms with E-state index in [9.17, 15) is 22.8 Å². The number of ether oxygens (including phenoxy) is 2. The Morgan fingerprint density at radius 2 is 1.76 bits per heavy atom. The van der Waals surface area contributed by atoms with E-state index in [1.807, 2.05) is 0 Å². The normalized spacial score (nSPS) is 13.7. The first kappa shape index (κ1) is 23.9. The first-order chi connectivity index (χ1) is 15.8. The van der Waals surface area contributed by atoms with Crippen LogP contribution in [-0.4, -0.2) is 45.3 Å². The van der Waals surface area contributed by atoms with Gasteiger partial charge in [-0.15, -0.1) is 4.40 Å². The predicted molar refractivity (Wildman–Crippen MR) is 121 cm³/mol. The molecule has 2 N–H and O–H groups in total. The van der Waals surface area contributed by atoms with Crippen molar-refractivity contribution in [2.45, 2.75) is 31.1 Å². The Hall–Kier alpha value is -3.73. The van der Waals surface area contributed by atoms with E-state index in [4.69, 9.17) is 9.47 Å². The molecule has 1 heterocycles. The Kier molecular flexibility index (Phi) is 7.78. The highest BCUT2D eigenvalue weighted by Gasteiger charge is 2.24. The molecule has 0 atom stereocenters. The number of nitrogens with zero attached hydrogens (tertiary/aromatic N) is 1. The minimum absolute atomic E-state index is 0.0327. The van der Waals surface area contributed by atoms with Crippen LogP contribution >= 0.6 is 0 Å². The monoisotopic (exact) mass is 473 g/mol. The SMILES string of the molecule is CCOC(=O)c1ccccc1NC(=O)COC(=O)CCCC1=NS(=O)(=O)c2ccccc2N1. The zero-order chi connectivity index (χ0) is 23.8. The van der Waals surface area contributed by atoms with Crippen molar-refractivity contribution in [1.82, 2.24) is 0 Å². The molecule has 11 heteroatoms. The Morgan fingerprint density at radius 3 is 2.55 bits per heavy atom. The number of rotatable bonds is 9. The third-order valence-electron chi connectivity index (χ3n) is 4.53. The second-order valence-corrected chi connectivity index (χ2v) is 8.54. The molecule has 0 unspecified atom stereocenters. The lowest BCUT2D eigenvalue weighted by atomic mass is 10.2. The Balaban J connectivity index is 1.45.